The lowest BCUT2D eigenvalue weighted by molar-refractivity contribution is 0.103. The van der Waals surface area contributed by atoms with Crippen LogP contribution in [0.1, 0.15) is 29.8 Å². The molecule has 0 radical (unpaired) electrons. The number of carbonyl (C=O) groups excluding carboxylic acids is 1. The van der Waals surface area contributed by atoms with E-state index in [4.69, 9.17) is 4.74 Å². The highest BCUT2D eigenvalue weighted by atomic mass is 79.9. The van der Waals surface area contributed by atoms with E-state index < -0.39 is 0 Å². The summed E-state index contributed by atoms with van der Waals surface area (Å²) in [5, 5.41) is 0. The van der Waals surface area contributed by atoms with Crippen LogP contribution < -0.4 is 4.74 Å². The summed E-state index contributed by atoms with van der Waals surface area (Å²) in [5.74, 6) is 0.558. The average molecular weight is 398 g/mol. The molecule has 2 rings (SSSR count). The van der Waals surface area contributed by atoms with Gasteiger partial charge in [-0.1, -0.05) is 28.1 Å². The van der Waals surface area contributed by atoms with Gasteiger partial charge in [0, 0.05) is 14.5 Å². The minimum atomic E-state index is -0.0550. The molecule has 0 atom stereocenters. The number of benzene rings is 2. The number of para-hydroxylation sites is 1. The van der Waals surface area contributed by atoms with Crippen LogP contribution in [-0.2, 0) is 0 Å². The lowest BCUT2D eigenvalue weighted by Crippen LogP contribution is -2.11. The van der Waals surface area contributed by atoms with Crippen molar-refractivity contribution in [3.05, 3.63) is 62.5 Å². The number of hydrogen-bond donors (Lipinski definition) is 0. The molecule has 0 spiro atoms. The molecule has 0 aliphatic heterocycles. The predicted molar refractivity (Wildman–Crippen MR) is 87.5 cm³/mol. The molecule has 0 aliphatic rings. The van der Waals surface area contributed by atoms with Crippen molar-refractivity contribution < 1.29 is 9.53 Å². The van der Waals surface area contributed by atoms with Crippen LogP contribution in [0.2, 0.25) is 0 Å². The first-order valence-electron chi connectivity index (χ1n) is 6.24. The molecule has 0 aliphatic carbocycles. The molecule has 0 saturated carbocycles. The number of ketones is 1. The van der Waals surface area contributed by atoms with Gasteiger partial charge in [-0.15, -0.1) is 0 Å². The Labute approximate surface area is 135 Å². The van der Waals surface area contributed by atoms with E-state index in [-0.39, 0.29) is 11.9 Å². The zero-order valence-corrected chi connectivity index (χ0v) is 14.4. The van der Waals surface area contributed by atoms with Gasteiger partial charge in [0.15, 0.2) is 5.78 Å². The first-order valence-corrected chi connectivity index (χ1v) is 7.83. The highest BCUT2D eigenvalue weighted by Gasteiger charge is 2.17. The molecule has 2 aromatic rings. The van der Waals surface area contributed by atoms with Gasteiger partial charge >= 0.3 is 0 Å². The fraction of sp³-hybridized carbons (Fsp3) is 0.188. The van der Waals surface area contributed by atoms with Crippen molar-refractivity contribution in [3.63, 3.8) is 0 Å². The molecule has 0 bridgehead atoms. The maximum atomic E-state index is 12.7. The summed E-state index contributed by atoms with van der Waals surface area (Å²) < 4.78 is 7.39. The van der Waals surface area contributed by atoms with E-state index in [1.54, 1.807) is 12.1 Å². The maximum absolute atomic E-state index is 12.7. The van der Waals surface area contributed by atoms with Crippen LogP contribution in [0.25, 0.3) is 0 Å². The molecule has 0 fully saturated rings. The molecule has 0 unspecified atom stereocenters. The van der Waals surface area contributed by atoms with Crippen LogP contribution >= 0.6 is 31.9 Å². The zero-order valence-electron chi connectivity index (χ0n) is 11.2. The highest BCUT2D eigenvalue weighted by molar-refractivity contribution is 9.11. The quantitative estimate of drug-likeness (QED) is 0.660. The van der Waals surface area contributed by atoms with Crippen molar-refractivity contribution in [2.24, 2.45) is 0 Å². The average Bonchev–Trinajstić information content (AvgIpc) is 2.38. The first-order chi connectivity index (χ1) is 9.49. The molecule has 0 N–H and O–H groups in total. The molecular formula is C16H14Br2O2. The van der Waals surface area contributed by atoms with Gasteiger partial charge in [-0.05, 0) is 60.1 Å². The normalized spacial score (nSPS) is 10.7. The van der Waals surface area contributed by atoms with Gasteiger partial charge in [-0.3, -0.25) is 4.79 Å². The van der Waals surface area contributed by atoms with E-state index in [9.17, 15) is 4.79 Å². The topological polar surface area (TPSA) is 26.3 Å². The SMILES string of the molecule is CC(C)Oc1ccccc1C(=O)c1ccc(Br)cc1Br. The van der Waals surface area contributed by atoms with Crippen LogP contribution in [-0.4, -0.2) is 11.9 Å². The minimum Gasteiger partial charge on any atom is -0.490 e. The third-order valence-corrected chi connectivity index (χ3v) is 3.82. The second-order valence-corrected chi connectivity index (χ2v) is 6.39. The Kier molecular flexibility index (Phi) is 5.00. The predicted octanol–water partition coefficient (Wildman–Crippen LogP) is 5.23. The van der Waals surface area contributed by atoms with Crippen LogP contribution in [0, 0.1) is 0 Å². The first kappa shape index (κ1) is 15.3. The van der Waals surface area contributed by atoms with Gasteiger partial charge < -0.3 is 4.74 Å². The van der Waals surface area contributed by atoms with E-state index in [1.807, 2.05) is 44.2 Å². The Balaban J connectivity index is 2.43. The van der Waals surface area contributed by atoms with Gasteiger partial charge in [-0.25, -0.2) is 0 Å². The fourth-order valence-electron chi connectivity index (χ4n) is 1.83. The summed E-state index contributed by atoms with van der Waals surface area (Å²) in [6.45, 7) is 3.88. The minimum absolute atomic E-state index is 0.0253. The number of carbonyl (C=O) groups is 1. The zero-order chi connectivity index (χ0) is 14.7. The largest absolute Gasteiger partial charge is 0.490 e. The highest BCUT2D eigenvalue weighted by Crippen LogP contribution is 2.28. The molecule has 0 amide bonds. The van der Waals surface area contributed by atoms with Gasteiger partial charge in [0.2, 0.25) is 0 Å². The lowest BCUT2D eigenvalue weighted by Gasteiger charge is -2.14. The molecule has 0 heterocycles. The Morgan fingerprint density at radius 3 is 2.40 bits per heavy atom. The second kappa shape index (κ2) is 6.55. The monoisotopic (exact) mass is 396 g/mol. The second-order valence-electron chi connectivity index (χ2n) is 4.62. The lowest BCUT2D eigenvalue weighted by atomic mass is 10.0. The summed E-state index contributed by atoms with van der Waals surface area (Å²) in [5.41, 5.74) is 1.19. The van der Waals surface area contributed by atoms with E-state index in [1.165, 1.54) is 0 Å². The molecule has 0 saturated heterocycles. The molecule has 104 valence electrons. The van der Waals surface area contributed by atoms with Crippen LogP contribution in [0.3, 0.4) is 0 Å². The molecule has 4 heteroatoms. The van der Waals surface area contributed by atoms with Crippen LogP contribution in [0.15, 0.2) is 51.4 Å². The van der Waals surface area contributed by atoms with Gasteiger partial charge in [0.1, 0.15) is 5.75 Å². The van der Waals surface area contributed by atoms with Crippen molar-refractivity contribution in [1.82, 2.24) is 0 Å². The third kappa shape index (κ3) is 3.49. The Morgan fingerprint density at radius 2 is 1.75 bits per heavy atom. The molecule has 2 aromatic carbocycles. The van der Waals surface area contributed by atoms with Crippen molar-refractivity contribution in [2.75, 3.05) is 0 Å². The van der Waals surface area contributed by atoms with Gasteiger partial charge in [-0.2, -0.15) is 0 Å². The summed E-state index contributed by atoms with van der Waals surface area (Å²) in [4.78, 5) is 12.7. The fourth-order valence-corrected chi connectivity index (χ4v) is 3.06. The number of ether oxygens (including phenoxy) is 1. The Bertz CT molecular complexity index is 636. The molecule has 0 aromatic heterocycles. The smallest absolute Gasteiger partial charge is 0.197 e. The van der Waals surface area contributed by atoms with Crippen molar-refractivity contribution >= 4 is 37.6 Å². The number of hydrogen-bond acceptors (Lipinski definition) is 2. The molecular weight excluding hydrogens is 384 g/mol. The number of rotatable bonds is 4. The van der Waals surface area contributed by atoms with Crippen molar-refractivity contribution in [3.8, 4) is 5.75 Å². The molecule has 20 heavy (non-hydrogen) atoms. The standard InChI is InChI=1S/C16H14Br2O2/c1-10(2)20-15-6-4-3-5-13(15)16(19)12-8-7-11(17)9-14(12)18/h3-10H,1-2H3. The third-order valence-electron chi connectivity index (χ3n) is 2.67. The summed E-state index contributed by atoms with van der Waals surface area (Å²) in [7, 11) is 0. The van der Waals surface area contributed by atoms with Crippen molar-refractivity contribution in [1.29, 1.82) is 0 Å². The van der Waals surface area contributed by atoms with Gasteiger partial charge in [0.05, 0.1) is 11.7 Å². The Hall–Kier alpha value is -1.13. The maximum Gasteiger partial charge on any atom is 0.197 e. The van der Waals surface area contributed by atoms with Crippen LogP contribution in [0.4, 0.5) is 0 Å². The number of halogens is 2. The van der Waals surface area contributed by atoms with E-state index in [0.29, 0.717) is 16.9 Å². The van der Waals surface area contributed by atoms with Crippen LogP contribution in [0.5, 0.6) is 5.75 Å². The molecule has 2 nitrogen and oxygen atoms in total. The van der Waals surface area contributed by atoms with E-state index in [2.05, 4.69) is 31.9 Å². The Morgan fingerprint density at radius 1 is 1.05 bits per heavy atom. The van der Waals surface area contributed by atoms with Gasteiger partial charge in [0.25, 0.3) is 0 Å². The van der Waals surface area contributed by atoms with E-state index in [0.717, 1.165) is 8.95 Å². The summed E-state index contributed by atoms with van der Waals surface area (Å²) in [6.07, 6.45) is 0.0253. The van der Waals surface area contributed by atoms with E-state index >= 15 is 0 Å². The van der Waals surface area contributed by atoms with Crippen molar-refractivity contribution in [2.45, 2.75) is 20.0 Å². The summed E-state index contributed by atoms with van der Waals surface area (Å²) in [6, 6.07) is 12.8. The summed E-state index contributed by atoms with van der Waals surface area (Å²) >= 11 is 6.81.